The summed E-state index contributed by atoms with van der Waals surface area (Å²) < 4.78 is 32.2. The second-order valence-corrected chi connectivity index (χ2v) is 7.26. The van der Waals surface area contributed by atoms with Crippen molar-refractivity contribution < 1.29 is 18.3 Å². The lowest BCUT2D eigenvalue weighted by atomic mass is 10.2. The average molecular weight is 430 g/mol. The number of hydrogen-bond acceptors (Lipinski definition) is 5. The SMILES string of the molecule is O=c1cc(-c2cc3cccn3cn2)oc2ccc(OCCCOc3cccc(F)c3)cc12. The van der Waals surface area contributed by atoms with Gasteiger partial charge in [0.05, 0.1) is 24.9 Å². The Bertz CT molecular complexity index is 1460. The molecule has 5 aromatic rings. The van der Waals surface area contributed by atoms with Gasteiger partial charge in [-0.25, -0.2) is 9.37 Å². The molecule has 0 saturated carbocycles. The second kappa shape index (κ2) is 8.55. The van der Waals surface area contributed by atoms with E-state index in [0.29, 0.717) is 53.6 Å². The van der Waals surface area contributed by atoms with Crippen LogP contribution < -0.4 is 14.9 Å². The molecule has 0 aliphatic rings. The van der Waals surface area contributed by atoms with Gasteiger partial charge in [-0.2, -0.15) is 0 Å². The van der Waals surface area contributed by atoms with E-state index in [2.05, 4.69) is 4.98 Å². The zero-order valence-electron chi connectivity index (χ0n) is 17.0. The van der Waals surface area contributed by atoms with Crippen molar-refractivity contribution in [1.29, 1.82) is 0 Å². The van der Waals surface area contributed by atoms with Crippen molar-refractivity contribution in [3.63, 3.8) is 0 Å². The number of fused-ring (bicyclic) bond motifs is 2. The van der Waals surface area contributed by atoms with Crippen molar-refractivity contribution in [1.82, 2.24) is 9.38 Å². The lowest BCUT2D eigenvalue weighted by molar-refractivity contribution is 0.247. The lowest BCUT2D eigenvalue weighted by Gasteiger charge is -2.09. The molecule has 0 spiro atoms. The summed E-state index contributed by atoms with van der Waals surface area (Å²) in [5.41, 5.74) is 1.85. The Labute approximate surface area is 182 Å². The predicted molar refractivity (Wildman–Crippen MR) is 119 cm³/mol. The summed E-state index contributed by atoms with van der Waals surface area (Å²) in [5, 5.41) is 0.436. The summed E-state index contributed by atoms with van der Waals surface area (Å²) in [6.45, 7) is 0.785. The molecule has 0 radical (unpaired) electrons. The molecule has 160 valence electrons. The summed E-state index contributed by atoms with van der Waals surface area (Å²) in [6.07, 6.45) is 4.19. The molecule has 3 aromatic heterocycles. The maximum atomic E-state index is 13.2. The van der Waals surface area contributed by atoms with Crippen LogP contribution >= 0.6 is 0 Å². The van der Waals surface area contributed by atoms with Crippen LogP contribution in [0.4, 0.5) is 4.39 Å². The first-order chi connectivity index (χ1) is 15.7. The highest BCUT2D eigenvalue weighted by atomic mass is 19.1. The maximum Gasteiger partial charge on any atom is 0.193 e. The Kier molecular flexibility index (Phi) is 5.29. The Morgan fingerprint density at radius 1 is 0.938 bits per heavy atom. The second-order valence-electron chi connectivity index (χ2n) is 7.26. The number of benzene rings is 2. The molecule has 0 amide bonds. The van der Waals surface area contributed by atoms with Crippen LogP contribution in [0.2, 0.25) is 0 Å². The van der Waals surface area contributed by atoms with Crippen molar-refractivity contribution in [3.8, 4) is 23.0 Å². The zero-order valence-corrected chi connectivity index (χ0v) is 17.0. The summed E-state index contributed by atoms with van der Waals surface area (Å²) >= 11 is 0. The fourth-order valence-corrected chi connectivity index (χ4v) is 3.42. The molecule has 2 aromatic carbocycles. The van der Waals surface area contributed by atoms with E-state index in [4.69, 9.17) is 13.9 Å². The third-order valence-corrected chi connectivity index (χ3v) is 4.99. The van der Waals surface area contributed by atoms with Gasteiger partial charge in [-0.15, -0.1) is 0 Å². The van der Waals surface area contributed by atoms with Gasteiger partial charge in [0, 0.05) is 30.3 Å². The van der Waals surface area contributed by atoms with Gasteiger partial charge < -0.3 is 18.3 Å². The van der Waals surface area contributed by atoms with Crippen LogP contribution in [-0.4, -0.2) is 22.6 Å². The van der Waals surface area contributed by atoms with E-state index in [1.54, 1.807) is 36.7 Å². The molecule has 0 bridgehead atoms. The first kappa shape index (κ1) is 19.8. The van der Waals surface area contributed by atoms with E-state index in [9.17, 15) is 9.18 Å². The number of rotatable bonds is 7. The first-order valence-corrected chi connectivity index (χ1v) is 10.2. The normalized spacial score (nSPS) is 11.2. The molecule has 5 rings (SSSR count). The Balaban J connectivity index is 1.26. The average Bonchev–Trinajstić information content (AvgIpc) is 3.27. The van der Waals surface area contributed by atoms with E-state index < -0.39 is 0 Å². The quantitative estimate of drug-likeness (QED) is 0.336. The van der Waals surface area contributed by atoms with Crippen molar-refractivity contribution >= 4 is 16.5 Å². The molecule has 0 aliphatic heterocycles. The van der Waals surface area contributed by atoms with Crippen molar-refractivity contribution in [2.75, 3.05) is 13.2 Å². The molecule has 7 heteroatoms. The number of ether oxygens (including phenoxy) is 2. The highest BCUT2D eigenvalue weighted by Gasteiger charge is 2.10. The first-order valence-electron chi connectivity index (χ1n) is 10.2. The van der Waals surface area contributed by atoms with E-state index in [0.717, 1.165) is 5.52 Å². The van der Waals surface area contributed by atoms with Gasteiger partial charge >= 0.3 is 0 Å². The Morgan fingerprint density at radius 3 is 2.62 bits per heavy atom. The maximum absolute atomic E-state index is 13.2. The van der Waals surface area contributed by atoms with Crippen LogP contribution in [0.15, 0.2) is 88.5 Å². The van der Waals surface area contributed by atoms with Gasteiger partial charge in [0.15, 0.2) is 11.2 Å². The molecule has 6 nitrogen and oxygen atoms in total. The number of aromatic nitrogens is 2. The smallest absolute Gasteiger partial charge is 0.193 e. The molecule has 0 saturated heterocycles. The number of nitrogens with zero attached hydrogens (tertiary/aromatic N) is 2. The third kappa shape index (κ3) is 4.18. The minimum Gasteiger partial charge on any atom is -0.493 e. The number of halogens is 1. The van der Waals surface area contributed by atoms with E-state index >= 15 is 0 Å². The fraction of sp³-hybridized carbons (Fsp3) is 0.120. The van der Waals surface area contributed by atoms with Gasteiger partial charge in [-0.1, -0.05) is 6.07 Å². The fourth-order valence-electron chi connectivity index (χ4n) is 3.42. The Morgan fingerprint density at radius 2 is 1.78 bits per heavy atom. The summed E-state index contributed by atoms with van der Waals surface area (Å²) in [5.74, 6) is 1.12. The largest absolute Gasteiger partial charge is 0.493 e. The van der Waals surface area contributed by atoms with Gasteiger partial charge in [0.1, 0.15) is 28.6 Å². The monoisotopic (exact) mass is 430 g/mol. The lowest BCUT2D eigenvalue weighted by Crippen LogP contribution is -2.06. The van der Waals surface area contributed by atoms with Crippen LogP contribution in [0.5, 0.6) is 11.5 Å². The minimum atomic E-state index is -0.335. The standard InChI is InChI=1S/C25H19FN2O4/c26-17-4-1-6-19(12-17)30-10-3-11-31-20-7-8-24-21(14-20)23(29)15-25(32-24)22-13-18-5-2-9-28(18)16-27-22/h1-2,4-9,12-16H,3,10-11H2. The molecular formula is C25H19FN2O4. The predicted octanol–water partition coefficient (Wildman–Crippen LogP) is 5.09. The highest BCUT2D eigenvalue weighted by Crippen LogP contribution is 2.24. The van der Waals surface area contributed by atoms with Crippen LogP contribution in [0.3, 0.4) is 0 Å². The van der Waals surface area contributed by atoms with Crippen molar-refractivity contribution in [2.45, 2.75) is 6.42 Å². The molecular weight excluding hydrogens is 411 g/mol. The van der Waals surface area contributed by atoms with Crippen molar-refractivity contribution in [2.24, 2.45) is 0 Å². The zero-order chi connectivity index (χ0) is 21.9. The van der Waals surface area contributed by atoms with E-state index in [1.165, 1.54) is 18.2 Å². The van der Waals surface area contributed by atoms with Crippen LogP contribution in [-0.2, 0) is 0 Å². The summed E-state index contributed by atoms with van der Waals surface area (Å²) in [6, 6.07) is 18.3. The van der Waals surface area contributed by atoms with Gasteiger partial charge in [0.2, 0.25) is 0 Å². The molecule has 0 N–H and O–H groups in total. The van der Waals surface area contributed by atoms with Crippen LogP contribution in [0, 0.1) is 5.82 Å². The highest BCUT2D eigenvalue weighted by molar-refractivity contribution is 5.80. The van der Waals surface area contributed by atoms with Crippen LogP contribution in [0.25, 0.3) is 27.9 Å². The van der Waals surface area contributed by atoms with Crippen molar-refractivity contribution in [3.05, 3.63) is 95.3 Å². The molecule has 0 atom stereocenters. The van der Waals surface area contributed by atoms with Gasteiger partial charge in [0.25, 0.3) is 0 Å². The third-order valence-electron chi connectivity index (χ3n) is 4.99. The summed E-state index contributed by atoms with van der Waals surface area (Å²) in [7, 11) is 0. The Hall–Kier alpha value is -4.13. The molecule has 0 unspecified atom stereocenters. The topological polar surface area (TPSA) is 66.0 Å². The molecule has 0 fully saturated rings. The molecule has 0 aliphatic carbocycles. The van der Waals surface area contributed by atoms with Gasteiger partial charge in [-0.05, 0) is 48.5 Å². The molecule has 3 heterocycles. The van der Waals surface area contributed by atoms with Crippen LogP contribution in [0.1, 0.15) is 6.42 Å². The number of hydrogen-bond donors (Lipinski definition) is 0. The molecule has 32 heavy (non-hydrogen) atoms. The van der Waals surface area contributed by atoms with E-state index in [-0.39, 0.29) is 11.2 Å². The van der Waals surface area contributed by atoms with Gasteiger partial charge in [-0.3, -0.25) is 4.79 Å². The minimum absolute atomic E-state index is 0.168. The van der Waals surface area contributed by atoms with E-state index in [1.807, 2.05) is 28.8 Å². The summed E-state index contributed by atoms with van der Waals surface area (Å²) in [4.78, 5) is 17.1.